The molecule has 0 aromatic heterocycles. The number of halogens is 1. The van der Waals surface area contributed by atoms with Crippen LogP contribution in [0.1, 0.15) is 52.9 Å². The number of piperidine rings is 2. The maximum Gasteiger partial charge on any atom is 0.227 e. The first-order valence-corrected chi connectivity index (χ1v) is 9.72. The number of hydrogen-bond donors (Lipinski definition) is 1. The van der Waals surface area contributed by atoms with E-state index < -0.39 is 0 Å². The molecular formula is C19H36ClN3O3. The summed E-state index contributed by atoms with van der Waals surface area (Å²) in [4.78, 5) is 29.2. The number of nitrogens with zero attached hydrogens (tertiary/aromatic N) is 2. The van der Waals surface area contributed by atoms with Gasteiger partial charge in [0.25, 0.3) is 0 Å². The number of amides is 2. The van der Waals surface area contributed by atoms with Crippen LogP contribution in [0.4, 0.5) is 0 Å². The first-order chi connectivity index (χ1) is 11.8. The summed E-state index contributed by atoms with van der Waals surface area (Å²) in [5.74, 6) is 0.318. The molecular weight excluding hydrogens is 354 g/mol. The maximum atomic E-state index is 12.9. The van der Waals surface area contributed by atoms with Gasteiger partial charge in [0.05, 0.1) is 12.0 Å². The van der Waals surface area contributed by atoms with E-state index in [0.717, 1.165) is 51.7 Å². The molecule has 1 unspecified atom stereocenters. The molecule has 7 heteroatoms. The summed E-state index contributed by atoms with van der Waals surface area (Å²) in [6, 6.07) is 0. The molecule has 2 saturated heterocycles. The SMILES string of the molecule is CC(C)(C)C(=O)N1CCCC(C(=O)N2CCC(OCCCN)CC2)C1.Cl. The van der Waals surface area contributed by atoms with Gasteiger partial charge in [-0.25, -0.2) is 0 Å². The highest BCUT2D eigenvalue weighted by molar-refractivity contribution is 5.85. The summed E-state index contributed by atoms with van der Waals surface area (Å²) in [5, 5.41) is 0. The standard InChI is InChI=1S/C19H35N3O3.ClH/c1-19(2,3)18(24)22-10-4-6-15(14-22)17(23)21-11-7-16(8-12-21)25-13-5-9-20;/h15-16H,4-14,20H2,1-3H3;1H. The number of nitrogens with two attached hydrogens (primary N) is 1. The van der Waals surface area contributed by atoms with Crippen molar-refractivity contribution in [2.45, 2.75) is 59.0 Å². The van der Waals surface area contributed by atoms with Crippen molar-refractivity contribution in [3.63, 3.8) is 0 Å². The van der Waals surface area contributed by atoms with Crippen LogP contribution in [0.2, 0.25) is 0 Å². The lowest BCUT2D eigenvalue weighted by Gasteiger charge is -2.39. The number of ether oxygens (including phenoxy) is 1. The summed E-state index contributed by atoms with van der Waals surface area (Å²) in [5.41, 5.74) is 5.10. The van der Waals surface area contributed by atoms with Crippen LogP contribution >= 0.6 is 12.4 Å². The molecule has 0 aromatic rings. The summed E-state index contributed by atoms with van der Waals surface area (Å²) in [6.45, 7) is 10.1. The van der Waals surface area contributed by atoms with Gasteiger partial charge in [-0.2, -0.15) is 0 Å². The van der Waals surface area contributed by atoms with Crippen LogP contribution in [-0.2, 0) is 14.3 Å². The van der Waals surface area contributed by atoms with Crippen molar-refractivity contribution in [3.05, 3.63) is 0 Å². The second kappa shape index (κ2) is 10.5. The number of rotatable bonds is 5. The Balaban J connectivity index is 0.00000338. The summed E-state index contributed by atoms with van der Waals surface area (Å²) < 4.78 is 5.81. The molecule has 0 spiro atoms. The molecule has 152 valence electrons. The molecule has 2 amide bonds. The van der Waals surface area contributed by atoms with Gasteiger partial charge < -0.3 is 20.3 Å². The third-order valence-corrected chi connectivity index (χ3v) is 5.16. The molecule has 2 rings (SSSR count). The van der Waals surface area contributed by atoms with Crippen molar-refractivity contribution in [1.29, 1.82) is 0 Å². The third-order valence-electron chi connectivity index (χ3n) is 5.16. The Labute approximate surface area is 164 Å². The van der Waals surface area contributed by atoms with Gasteiger partial charge in [-0.3, -0.25) is 9.59 Å². The van der Waals surface area contributed by atoms with Crippen molar-refractivity contribution in [2.75, 3.05) is 39.3 Å². The smallest absolute Gasteiger partial charge is 0.227 e. The van der Waals surface area contributed by atoms with Crippen LogP contribution in [-0.4, -0.2) is 67.0 Å². The molecule has 2 heterocycles. The Bertz CT molecular complexity index is 459. The second-order valence-corrected chi connectivity index (χ2v) is 8.38. The maximum absolute atomic E-state index is 12.9. The molecule has 0 aromatic carbocycles. The van der Waals surface area contributed by atoms with Gasteiger partial charge in [0.2, 0.25) is 11.8 Å². The van der Waals surface area contributed by atoms with Crippen molar-refractivity contribution in [3.8, 4) is 0 Å². The van der Waals surface area contributed by atoms with Crippen LogP contribution < -0.4 is 5.73 Å². The van der Waals surface area contributed by atoms with Gasteiger partial charge in [0.1, 0.15) is 0 Å². The topological polar surface area (TPSA) is 75.9 Å². The van der Waals surface area contributed by atoms with Gasteiger partial charge in [-0.05, 0) is 38.6 Å². The zero-order valence-corrected chi connectivity index (χ0v) is 17.4. The van der Waals surface area contributed by atoms with E-state index in [1.54, 1.807) is 0 Å². The second-order valence-electron chi connectivity index (χ2n) is 8.38. The molecule has 2 aliphatic rings. The lowest BCUT2D eigenvalue weighted by Crippen LogP contribution is -2.51. The van der Waals surface area contributed by atoms with Gasteiger partial charge in [0.15, 0.2) is 0 Å². The average Bonchev–Trinajstić information content (AvgIpc) is 2.60. The lowest BCUT2D eigenvalue weighted by molar-refractivity contribution is -0.146. The molecule has 0 saturated carbocycles. The van der Waals surface area contributed by atoms with E-state index in [0.29, 0.717) is 19.7 Å². The van der Waals surface area contributed by atoms with Crippen molar-refractivity contribution in [1.82, 2.24) is 9.80 Å². The van der Waals surface area contributed by atoms with Crippen molar-refractivity contribution >= 4 is 24.2 Å². The molecule has 2 aliphatic heterocycles. The fourth-order valence-corrected chi connectivity index (χ4v) is 3.67. The van der Waals surface area contributed by atoms with Crippen LogP contribution in [0.3, 0.4) is 0 Å². The highest BCUT2D eigenvalue weighted by Crippen LogP contribution is 2.26. The van der Waals surface area contributed by atoms with E-state index in [9.17, 15) is 9.59 Å². The molecule has 2 fully saturated rings. The van der Waals surface area contributed by atoms with E-state index >= 15 is 0 Å². The normalized spacial score (nSPS) is 22.1. The van der Waals surface area contributed by atoms with Crippen LogP contribution in [0.5, 0.6) is 0 Å². The Kier molecular flexibility index (Phi) is 9.34. The van der Waals surface area contributed by atoms with Crippen LogP contribution in [0.25, 0.3) is 0 Å². The van der Waals surface area contributed by atoms with Crippen LogP contribution in [0, 0.1) is 11.3 Å². The van der Waals surface area contributed by atoms with Gasteiger partial charge in [-0.1, -0.05) is 20.8 Å². The molecule has 0 radical (unpaired) electrons. The Morgan fingerprint density at radius 1 is 1.08 bits per heavy atom. The van der Waals surface area contributed by atoms with E-state index in [2.05, 4.69) is 0 Å². The number of likely N-dealkylation sites (tertiary alicyclic amines) is 2. The number of hydrogen-bond acceptors (Lipinski definition) is 4. The average molecular weight is 390 g/mol. The van der Waals surface area contributed by atoms with Crippen molar-refractivity contribution in [2.24, 2.45) is 17.1 Å². The quantitative estimate of drug-likeness (QED) is 0.730. The minimum Gasteiger partial charge on any atom is -0.378 e. The molecule has 2 N–H and O–H groups in total. The molecule has 6 nitrogen and oxygen atoms in total. The Morgan fingerprint density at radius 2 is 1.73 bits per heavy atom. The minimum atomic E-state index is -0.385. The zero-order chi connectivity index (χ0) is 18.4. The first-order valence-electron chi connectivity index (χ1n) is 9.72. The highest BCUT2D eigenvalue weighted by atomic mass is 35.5. The zero-order valence-electron chi connectivity index (χ0n) is 16.5. The number of carbonyl (C=O) groups excluding carboxylic acids is 2. The van der Waals surface area contributed by atoms with E-state index in [1.807, 2.05) is 30.6 Å². The Morgan fingerprint density at radius 3 is 2.31 bits per heavy atom. The fourth-order valence-electron chi connectivity index (χ4n) is 3.67. The summed E-state index contributed by atoms with van der Waals surface area (Å²) in [6.07, 6.45) is 4.73. The van der Waals surface area contributed by atoms with E-state index in [-0.39, 0.29) is 41.7 Å². The van der Waals surface area contributed by atoms with Gasteiger partial charge >= 0.3 is 0 Å². The monoisotopic (exact) mass is 389 g/mol. The molecule has 26 heavy (non-hydrogen) atoms. The fraction of sp³-hybridized carbons (Fsp3) is 0.895. The molecule has 1 atom stereocenters. The Hall–Kier alpha value is -0.850. The highest BCUT2D eigenvalue weighted by Gasteiger charge is 2.35. The molecule has 0 bridgehead atoms. The largest absolute Gasteiger partial charge is 0.378 e. The number of carbonyl (C=O) groups is 2. The van der Waals surface area contributed by atoms with E-state index in [4.69, 9.17) is 10.5 Å². The molecule has 0 aliphatic carbocycles. The van der Waals surface area contributed by atoms with E-state index in [1.165, 1.54) is 0 Å². The third kappa shape index (κ3) is 6.39. The van der Waals surface area contributed by atoms with Gasteiger partial charge in [-0.15, -0.1) is 12.4 Å². The lowest BCUT2D eigenvalue weighted by atomic mass is 9.90. The van der Waals surface area contributed by atoms with Gasteiger partial charge in [0, 0.05) is 38.2 Å². The minimum absolute atomic E-state index is 0. The summed E-state index contributed by atoms with van der Waals surface area (Å²) >= 11 is 0. The van der Waals surface area contributed by atoms with Crippen LogP contribution in [0.15, 0.2) is 0 Å². The van der Waals surface area contributed by atoms with Crippen molar-refractivity contribution < 1.29 is 14.3 Å². The predicted molar refractivity (Wildman–Crippen MR) is 105 cm³/mol. The summed E-state index contributed by atoms with van der Waals surface area (Å²) in [7, 11) is 0. The predicted octanol–water partition coefficient (Wildman–Crippen LogP) is 2.05. The first kappa shape index (κ1) is 23.2.